The van der Waals surface area contributed by atoms with Gasteiger partial charge in [-0.3, -0.25) is 9.59 Å². The van der Waals surface area contributed by atoms with E-state index in [2.05, 4.69) is 86.8 Å². The van der Waals surface area contributed by atoms with E-state index in [4.69, 9.17) is 9.47 Å². The van der Waals surface area contributed by atoms with E-state index in [1.54, 1.807) is 0 Å². The zero-order valence-corrected chi connectivity index (χ0v) is 26.7. The molecule has 0 aromatic heterocycles. The van der Waals surface area contributed by atoms with Gasteiger partial charge in [0.15, 0.2) is 6.10 Å². The molecule has 0 saturated carbocycles. The van der Waals surface area contributed by atoms with Crippen molar-refractivity contribution in [3.05, 3.63) is 72.9 Å². The van der Waals surface area contributed by atoms with Gasteiger partial charge in [0.25, 0.3) is 0 Å². The van der Waals surface area contributed by atoms with E-state index in [0.717, 1.165) is 89.9 Å². The molecule has 1 unspecified atom stereocenters. The molecule has 0 heterocycles. The first kappa shape index (κ1) is 39.3. The van der Waals surface area contributed by atoms with Crippen molar-refractivity contribution in [3.63, 3.8) is 0 Å². The first-order valence-electron chi connectivity index (χ1n) is 16.5. The maximum Gasteiger partial charge on any atom is 0.306 e. The molecule has 0 spiro atoms. The largest absolute Gasteiger partial charge is 0.462 e. The maximum absolute atomic E-state index is 12.1. The highest BCUT2D eigenvalue weighted by Gasteiger charge is 2.15. The summed E-state index contributed by atoms with van der Waals surface area (Å²) in [5, 5.41) is 9.49. The SMILES string of the molecule is CC/C=C\C/C=C\C/C=C\C/C=C\CCCCC(=O)OC(CO)COC(=O)CCCCCCC/C=C\C/C=C\CCC. The summed E-state index contributed by atoms with van der Waals surface area (Å²) in [6.45, 7) is 3.88. The Kier molecular flexibility index (Phi) is 30.8. The average molecular weight is 585 g/mol. The molecule has 1 atom stereocenters. The summed E-state index contributed by atoms with van der Waals surface area (Å²) in [5.74, 6) is -0.667. The smallest absolute Gasteiger partial charge is 0.306 e. The number of esters is 2. The van der Waals surface area contributed by atoms with Gasteiger partial charge < -0.3 is 14.6 Å². The molecule has 0 aliphatic rings. The van der Waals surface area contributed by atoms with Gasteiger partial charge in [-0.15, -0.1) is 0 Å². The van der Waals surface area contributed by atoms with Crippen LogP contribution in [-0.2, 0) is 19.1 Å². The van der Waals surface area contributed by atoms with Crippen LogP contribution in [0.25, 0.3) is 0 Å². The van der Waals surface area contributed by atoms with Gasteiger partial charge in [-0.1, -0.05) is 112 Å². The number of unbranched alkanes of at least 4 members (excludes halogenated alkanes) is 8. The van der Waals surface area contributed by atoms with Crippen molar-refractivity contribution in [3.8, 4) is 0 Å². The van der Waals surface area contributed by atoms with E-state index in [1.807, 2.05) is 0 Å². The van der Waals surface area contributed by atoms with Crippen LogP contribution in [0.15, 0.2) is 72.9 Å². The summed E-state index contributed by atoms with van der Waals surface area (Å²) in [6, 6.07) is 0. The van der Waals surface area contributed by atoms with Crippen molar-refractivity contribution in [2.24, 2.45) is 0 Å². The Morgan fingerprint density at radius 2 is 1.02 bits per heavy atom. The topological polar surface area (TPSA) is 72.8 Å². The highest BCUT2D eigenvalue weighted by Crippen LogP contribution is 2.10. The van der Waals surface area contributed by atoms with Crippen molar-refractivity contribution in [2.45, 2.75) is 136 Å². The van der Waals surface area contributed by atoms with Gasteiger partial charge in [0.1, 0.15) is 6.61 Å². The molecule has 0 bridgehead atoms. The number of carbonyl (C=O) groups excluding carboxylic acids is 2. The van der Waals surface area contributed by atoms with Crippen molar-refractivity contribution in [2.75, 3.05) is 13.2 Å². The number of allylic oxidation sites excluding steroid dienone is 12. The second-order valence-electron chi connectivity index (χ2n) is 10.5. The Bertz CT molecular complexity index is 803. The van der Waals surface area contributed by atoms with Crippen molar-refractivity contribution < 1.29 is 24.2 Å². The van der Waals surface area contributed by atoms with E-state index in [9.17, 15) is 14.7 Å². The van der Waals surface area contributed by atoms with E-state index in [0.29, 0.717) is 12.8 Å². The minimum absolute atomic E-state index is 0.0943. The molecule has 1 N–H and O–H groups in total. The third kappa shape index (κ3) is 30.3. The molecule has 0 rings (SSSR count). The lowest BCUT2D eigenvalue weighted by molar-refractivity contribution is -0.161. The number of aliphatic hydroxyl groups is 1. The van der Waals surface area contributed by atoms with E-state index in [1.165, 1.54) is 12.8 Å². The minimum atomic E-state index is -0.800. The van der Waals surface area contributed by atoms with Gasteiger partial charge in [-0.2, -0.15) is 0 Å². The second-order valence-corrected chi connectivity index (χ2v) is 10.5. The highest BCUT2D eigenvalue weighted by molar-refractivity contribution is 5.70. The second kappa shape index (κ2) is 32.8. The summed E-state index contributed by atoms with van der Waals surface area (Å²) in [6.07, 6.45) is 42.4. The highest BCUT2D eigenvalue weighted by atomic mass is 16.6. The Hall–Kier alpha value is -2.66. The molecular weight excluding hydrogens is 524 g/mol. The number of ether oxygens (including phenoxy) is 2. The molecule has 0 aliphatic heterocycles. The number of hydrogen-bond donors (Lipinski definition) is 1. The molecule has 42 heavy (non-hydrogen) atoms. The van der Waals surface area contributed by atoms with Gasteiger partial charge in [0.05, 0.1) is 6.61 Å². The van der Waals surface area contributed by atoms with Gasteiger partial charge >= 0.3 is 11.9 Å². The van der Waals surface area contributed by atoms with Gasteiger partial charge in [-0.25, -0.2) is 0 Å². The molecule has 238 valence electrons. The molecule has 0 radical (unpaired) electrons. The summed E-state index contributed by atoms with van der Waals surface area (Å²) in [7, 11) is 0. The van der Waals surface area contributed by atoms with E-state index < -0.39 is 6.10 Å². The Morgan fingerprint density at radius 1 is 0.571 bits per heavy atom. The van der Waals surface area contributed by atoms with Crippen LogP contribution in [0.5, 0.6) is 0 Å². The lowest BCUT2D eigenvalue weighted by atomic mass is 10.1. The van der Waals surface area contributed by atoms with Crippen LogP contribution in [0, 0.1) is 0 Å². The van der Waals surface area contributed by atoms with Gasteiger partial charge in [-0.05, 0) is 77.0 Å². The lowest BCUT2D eigenvalue weighted by Crippen LogP contribution is -2.28. The average Bonchev–Trinajstić information content (AvgIpc) is 2.99. The van der Waals surface area contributed by atoms with E-state index >= 15 is 0 Å². The lowest BCUT2D eigenvalue weighted by Gasteiger charge is -2.15. The molecule has 5 heteroatoms. The van der Waals surface area contributed by atoms with Gasteiger partial charge in [0, 0.05) is 12.8 Å². The van der Waals surface area contributed by atoms with Gasteiger partial charge in [0.2, 0.25) is 0 Å². The van der Waals surface area contributed by atoms with Crippen LogP contribution in [0.4, 0.5) is 0 Å². The fraction of sp³-hybridized carbons (Fsp3) is 0.622. The van der Waals surface area contributed by atoms with Crippen LogP contribution in [0.1, 0.15) is 129 Å². The van der Waals surface area contributed by atoms with Crippen LogP contribution < -0.4 is 0 Å². The predicted octanol–water partition coefficient (Wildman–Crippen LogP) is 9.83. The molecule has 0 amide bonds. The third-order valence-corrected chi connectivity index (χ3v) is 6.47. The summed E-state index contributed by atoms with van der Waals surface area (Å²) < 4.78 is 10.5. The van der Waals surface area contributed by atoms with Crippen LogP contribution >= 0.6 is 0 Å². The van der Waals surface area contributed by atoms with Crippen molar-refractivity contribution in [1.82, 2.24) is 0 Å². The summed E-state index contributed by atoms with van der Waals surface area (Å²) in [4.78, 5) is 24.1. The molecule has 5 nitrogen and oxygen atoms in total. The normalized spacial score (nSPS) is 13.1. The van der Waals surface area contributed by atoms with Crippen LogP contribution in [0.3, 0.4) is 0 Å². The van der Waals surface area contributed by atoms with Crippen molar-refractivity contribution in [1.29, 1.82) is 0 Å². The molecule has 0 fully saturated rings. The first-order valence-corrected chi connectivity index (χ1v) is 16.5. The minimum Gasteiger partial charge on any atom is -0.462 e. The third-order valence-electron chi connectivity index (χ3n) is 6.47. The molecule has 0 aliphatic carbocycles. The predicted molar refractivity (Wildman–Crippen MR) is 177 cm³/mol. The molecule has 0 saturated heterocycles. The molecule has 0 aromatic carbocycles. The first-order chi connectivity index (χ1) is 20.6. The number of rotatable bonds is 28. The zero-order chi connectivity index (χ0) is 30.8. The fourth-order valence-electron chi connectivity index (χ4n) is 3.99. The monoisotopic (exact) mass is 584 g/mol. The number of aliphatic hydroxyl groups excluding tert-OH is 1. The maximum atomic E-state index is 12.1. The summed E-state index contributed by atoms with van der Waals surface area (Å²) >= 11 is 0. The number of carbonyl (C=O) groups is 2. The Labute approximate surface area is 257 Å². The zero-order valence-electron chi connectivity index (χ0n) is 26.7. The standard InChI is InChI=1S/C37H60O5/c1-3-5-7-9-11-13-15-17-18-20-22-24-26-28-30-32-37(40)42-35(33-38)34-41-36(39)31-29-27-25-23-21-19-16-14-12-10-8-6-4-2/h5,7-8,10-11,13-14,16-18,22,24,35,38H,3-4,6,9,12,15,19-21,23,25-34H2,1-2H3/b7-5-,10-8-,13-11-,16-14-,18-17-,24-22-. The molecular formula is C37H60O5. The van der Waals surface area contributed by atoms with Crippen LogP contribution in [0.2, 0.25) is 0 Å². The van der Waals surface area contributed by atoms with Crippen molar-refractivity contribution >= 4 is 11.9 Å². The Morgan fingerprint density at radius 3 is 1.60 bits per heavy atom. The Balaban J connectivity index is 3.73. The summed E-state index contributed by atoms with van der Waals surface area (Å²) in [5.41, 5.74) is 0. The molecule has 0 aromatic rings. The fourth-order valence-corrected chi connectivity index (χ4v) is 3.99. The quantitative estimate of drug-likeness (QED) is 0.0563. The number of hydrogen-bond acceptors (Lipinski definition) is 5. The van der Waals surface area contributed by atoms with Crippen LogP contribution in [-0.4, -0.2) is 36.4 Å². The van der Waals surface area contributed by atoms with E-state index in [-0.39, 0.29) is 25.2 Å².